The molecule has 11 heavy (non-hydrogen) atoms. The molecular weight excluding hydrogens is 155 g/mol. The van der Waals surface area contributed by atoms with Crippen LogP contribution in [0.1, 0.15) is 20.3 Å². The molecule has 0 rings (SSSR count). The maximum atomic E-state index is 11.8. The van der Waals surface area contributed by atoms with Crippen LogP contribution in [0.5, 0.6) is 0 Å². The van der Waals surface area contributed by atoms with E-state index in [1.54, 1.807) is 6.92 Å². The van der Waals surface area contributed by atoms with Crippen LogP contribution in [0.3, 0.4) is 0 Å². The molecule has 4 heteroatoms. The van der Waals surface area contributed by atoms with Crippen molar-refractivity contribution >= 4 is 6.21 Å². The first kappa shape index (κ1) is 10.5. The minimum absolute atomic E-state index is 0.0165. The molecule has 66 valence electrons. The average molecular weight is 167 g/mol. The molecule has 0 saturated heterocycles. The van der Waals surface area contributed by atoms with Crippen LogP contribution < -0.4 is 0 Å². The van der Waals surface area contributed by atoms with E-state index >= 15 is 0 Å². The van der Waals surface area contributed by atoms with Gasteiger partial charge in [0.2, 0.25) is 0 Å². The van der Waals surface area contributed by atoms with Gasteiger partial charge in [0.05, 0.1) is 5.92 Å². The van der Waals surface area contributed by atoms with Gasteiger partial charge in [-0.3, -0.25) is 4.99 Å². The Kier molecular flexibility index (Phi) is 4.15. The smallest absolute Gasteiger partial charge is 0.298 e. The largest absolute Gasteiger partial charge is 0.391 e. The monoisotopic (exact) mass is 167 g/mol. The fourth-order valence-corrected chi connectivity index (χ4v) is 0.495. The molecule has 0 fully saturated rings. The quantitative estimate of drug-likeness (QED) is 0.573. The Morgan fingerprint density at radius 1 is 1.45 bits per heavy atom. The molecule has 1 atom stereocenters. The summed E-state index contributed by atoms with van der Waals surface area (Å²) in [5, 5.41) is 0. The molecule has 0 saturated carbocycles. The summed E-state index contributed by atoms with van der Waals surface area (Å²) in [5.41, 5.74) is 0. The first-order chi connectivity index (χ1) is 4.98. The zero-order valence-corrected chi connectivity index (χ0v) is 6.65. The van der Waals surface area contributed by atoms with E-state index in [1.165, 1.54) is 6.21 Å². The van der Waals surface area contributed by atoms with Crippen LogP contribution >= 0.6 is 0 Å². The SMILES string of the molecule is CCN=CCC(C)C(F)(F)F. The summed E-state index contributed by atoms with van der Waals surface area (Å²) < 4.78 is 35.4. The fourth-order valence-electron chi connectivity index (χ4n) is 0.495. The topological polar surface area (TPSA) is 12.4 Å². The molecule has 0 aromatic carbocycles. The highest BCUT2D eigenvalue weighted by molar-refractivity contribution is 5.57. The third kappa shape index (κ3) is 4.81. The lowest BCUT2D eigenvalue weighted by molar-refractivity contribution is -0.167. The van der Waals surface area contributed by atoms with Crippen molar-refractivity contribution in [2.75, 3.05) is 6.54 Å². The number of halogens is 3. The van der Waals surface area contributed by atoms with Crippen LogP contribution in [0.25, 0.3) is 0 Å². The molecule has 1 unspecified atom stereocenters. The highest BCUT2D eigenvalue weighted by atomic mass is 19.4. The van der Waals surface area contributed by atoms with Gasteiger partial charge in [-0.1, -0.05) is 6.92 Å². The molecule has 0 N–H and O–H groups in total. The van der Waals surface area contributed by atoms with Gasteiger partial charge < -0.3 is 0 Å². The summed E-state index contributed by atoms with van der Waals surface area (Å²) in [4.78, 5) is 3.70. The lowest BCUT2D eigenvalue weighted by Gasteiger charge is -2.12. The fraction of sp³-hybridized carbons (Fsp3) is 0.857. The van der Waals surface area contributed by atoms with Crippen molar-refractivity contribution < 1.29 is 13.2 Å². The van der Waals surface area contributed by atoms with Crippen LogP contribution in [0.15, 0.2) is 4.99 Å². The van der Waals surface area contributed by atoms with E-state index in [0.717, 1.165) is 6.92 Å². The van der Waals surface area contributed by atoms with Crippen molar-refractivity contribution in [3.05, 3.63) is 0 Å². The van der Waals surface area contributed by atoms with Gasteiger partial charge in [0.25, 0.3) is 0 Å². The number of hydrogen-bond donors (Lipinski definition) is 0. The van der Waals surface area contributed by atoms with Crippen LogP contribution in [0.4, 0.5) is 13.2 Å². The summed E-state index contributed by atoms with van der Waals surface area (Å²) in [7, 11) is 0. The van der Waals surface area contributed by atoms with Crippen molar-refractivity contribution in [1.29, 1.82) is 0 Å². The molecule has 1 nitrogen and oxygen atoms in total. The Hall–Kier alpha value is -0.540. The standard InChI is InChI=1S/C7H12F3N/c1-3-11-5-4-6(2)7(8,9)10/h5-6H,3-4H2,1-2H3. The number of hydrogen-bond acceptors (Lipinski definition) is 1. The lowest BCUT2D eigenvalue weighted by atomic mass is 10.1. The Bertz CT molecular complexity index is 128. The van der Waals surface area contributed by atoms with Crippen molar-refractivity contribution in [3.63, 3.8) is 0 Å². The normalized spacial score (nSPS) is 15.7. The minimum atomic E-state index is -4.08. The van der Waals surface area contributed by atoms with Gasteiger partial charge in [0.1, 0.15) is 0 Å². The van der Waals surface area contributed by atoms with Crippen molar-refractivity contribution in [3.8, 4) is 0 Å². The Labute approximate surface area is 64.3 Å². The van der Waals surface area contributed by atoms with E-state index in [9.17, 15) is 13.2 Å². The van der Waals surface area contributed by atoms with Crippen LogP contribution in [0.2, 0.25) is 0 Å². The molecule has 0 heterocycles. The molecule has 0 bridgehead atoms. The molecule has 0 aliphatic rings. The maximum absolute atomic E-state index is 11.8. The highest BCUT2D eigenvalue weighted by Gasteiger charge is 2.34. The Balaban J connectivity index is 3.69. The van der Waals surface area contributed by atoms with E-state index in [0.29, 0.717) is 6.54 Å². The van der Waals surface area contributed by atoms with Crippen molar-refractivity contribution in [2.45, 2.75) is 26.4 Å². The molecule has 0 spiro atoms. The zero-order chi connectivity index (χ0) is 8.91. The lowest BCUT2D eigenvalue weighted by Crippen LogP contribution is -2.19. The molecule has 0 aromatic rings. The van der Waals surface area contributed by atoms with Crippen molar-refractivity contribution in [2.24, 2.45) is 10.9 Å². The molecular formula is C7H12F3N. The Morgan fingerprint density at radius 2 is 2.00 bits per heavy atom. The third-order valence-electron chi connectivity index (χ3n) is 1.33. The van der Waals surface area contributed by atoms with Crippen LogP contribution in [-0.4, -0.2) is 18.9 Å². The predicted octanol–water partition coefficient (Wildman–Crippen LogP) is 2.67. The van der Waals surface area contributed by atoms with Crippen LogP contribution in [-0.2, 0) is 0 Å². The summed E-state index contributed by atoms with van der Waals surface area (Å²) in [5.74, 6) is -1.28. The number of rotatable bonds is 3. The summed E-state index contributed by atoms with van der Waals surface area (Å²) >= 11 is 0. The number of alkyl halides is 3. The summed E-state index contributed by atoms with van der Waals surface area (Å²) in [6.45, 7) is 3.49. The predicted molar refractivity (Wildman–Crippen MR) is 38.9 cm³/mol. The first-order valence-corrected chi connectivity index (χ1v) is 3.53. The average Bonchev–Trinajstić information content (AvgIpc) is 1.86. The second-order valence-corrected chi connectivity index (χ2v) is 2.36. The van der Waals surface area contributed by atoms with E-state index in [1.807, 2.05) is 0 Å². The van der Waals surface area contributed by atoms with Gasteiger partial charge in [0, 0.05) is 6.54 Å². The molecule has 0 aliphatic heterocycles. The second kappa shape index (κ2) is 4.36. The summed E-state index contributed by atoms with van der Waals surface area (Å²) in [6.07, 6.45) is -2.77. The van der Waals surface area contributed by atoms with Gasteiger partial charge >= 0.3 is 6.18 Å². The molecule has 0 amide bonds. The highest BCUT2D eigenvalue weighted by Crippen LogP contribution is 2.27. The van der Waals surface area contributed by atoms with Gasteiger partial charge in [-0.2, -0.15) is 13.2 Å². The summed E-state index contributed by atoms with van der Waals surface area (Å²) in [6, 6.07) is 0. The van der Waals surface area contributed by atoms with Crippen LogP contribution in [0, 0.1) is 5.92 Å². The second-order valence-electron chi connectivity index (χ2n) is 2.36. The van der Waals surface area contributed by atoms with E-state index in [2.05, 4.69) is 4.99 Å². The minimum Gasteiger partial charge on any atom is -0.298 e. The number of nitrogens with zero attached hydrogens (tertiary/aromatic N) is 1. The first-order valence-electron chi connectivity index (χ1n) is 3.53. The van der Waals surface area contributed by atoms with E-state index in [-0.39, 0.29) is 6.42 Å². The molecule has 0 aliphatic carbocycles. The number of aliphatic imine (C=N–C) groups is 1. The third-order valence-corrected chi connectivity index (χ3v) is 1.33. The van der Waals surface area contributed by atoms with Gasteiger partial charge in [-0.25, -0.2) is 0 Å². The molecule has 0 aromatic heterocycles. The zero-order valence-electron chi connectivity index (χ0n) is 6.65. The van der Waals surface area contributed by atoms with Gasteiger partial charge in [-0.15, -0.1) is 0 Å². The molecule has 0 radical (unpaired) electrons. The maximum Gasteiger partial charge on any atom is 0.391 e. The van der Waals surface area contributed by atoms with E-state index in [4.69, 9.17) is 0 Å². The van der Waals surface area contributed by atoms with Gasteiger partial charge in [-0.05, 0) is 19.6 Å². The Morgan fingerprint density at radius 3 is 2.36 bits per heavy atom. The van der Waals surface area contributed by atoms with E-state index < -0.39 is 12.1 Å². The van der Waals surface area contributed by atoms with Crippen molar-refractivity contribution in [1.82, 2.24) is 0 Å². The van der Waals surface area contributed by atoms with Gasteiger partial charge in [0.15, 0.2) is 0 Å².